The molecular formula is C25H27N3O3S. The van der Waals surface area contributed by atoms with E-state index in [4.69, 9.17) is 14.8 Å². The summed E-state index contributed by atoms with van der Waals surface area (Å²) in [4.78, 5) is 19.4. The first-order valence-electron chi connectivity index (χ1n) is 11.1. The van der Waals surface area contributed by atoms with E-state index in [1.54, 1.807) is 11.8 Å². The zero-order valence-electron chi connectivity index (χ0n) is 17.8. The molecule has 0 radical (unpaired) electrons. The lowest BCUT2D eigenvalue weighted by Crippen LogP contribution is -2.22. The van der Waals surface area contributed by atoms with Crippen molar-refractivity contribution < 1.29 is 14.6 Å². The van der Waals surface area contributed by atoms with Gasteiger partial charge in [0.1, 0.15) is 0 Å². The highest BCUT2D eigenvalue weighted by Crippen LogP contribution is 2.34. The number of nitrogens with zero attached hydrogens (tertiary/aromatic N) is 1. The number of nitrogens with one attached hydrogen (secondary N) is 2. The van der Waals surface area contributed by atoms with Crippen LogP contribution in [-0.2, 0) is 9.53 Å². The van der Waals surface area contributed by atoms with Gasteiger partial charge in [0.15, 0.2) is 0 Å². The molecule has 2 aromatic carbocycles. The molecule has 2 aliphatic heterocycles. The quantitative estimate of drug-likeness (QED) is 0.472. The van der Waals surface area contributed by atoms with Crippen LogP contribution < -0.4 is 5.32 Å². The van der Waals surface area contributed by atoms with Crippen molar-refractivity contribution in [2.75, 3.05) is 30.8 Å². The van der Waals surface area contributed by atoms with E-state index in [1.807, 2.05) is 18.2 Å². The highest BCUT2D eigenvalue weighted by molar-refractivity contribution is 8.14. The number of fused-ring (bicyclic) bond motifs is 1. The number of carboxylic acid groups (broad SMARTS) is 1. The Balaban J connectivity index is 1.49. The van der Waals surface area contributed by atoms with Gasteiger partial charge in [0.05, 0.1) is 28.7 Å². The number of aliphatic imine (C=N–C) groups is 1. The summed E-state index contributed by atoms with van der Waals surface area (Å²) in [7, 11) is 0. The van der Waals surface area contributed by atoms with E-state index < -0.39 is 5.97 Å². The van der Waals surface area contributed by atoms with Crippen LogP contribution in [0.4, 0.5) is 5.69 Å². The smallest absolute Gasteiger partial charge is 0.305 e. The molecule has 0 unspecified atom stereocenters. The molecule has 3 heterocycles. The van der Waals surface area contributed by atoms with Crippen LogP contribution >= 0.6 is 11.8 Å². The lowest BCUT2D eigenvalue weighted by atomic mass is 10.00. The summed E-state index contributed by atoms with van der Waals surface area (Å²) in [5.74, 6) is 0.518. The topological polar surface area (TPSA) is 86.7 Å². The molecule has 1 saturated heterocycles. The number of hydrogen-bond acceptors (Lipinski definition) is 5. The Morgan fingerprint density at radius 1 is 1.16 bits per heavy atom. The van der Waals surface area contributed by atoms with E-state index in [9.17, 15) is 4.79 Å². The minimum atomic E-state index is -0.798. The Morgan fingerprint density at radius 2 is 1.97 bits per heavy atom. The Morgan fingerprint density at radius 3 is 2.75 bits per heavy atom. The number of hydrogen-bond donors (Lipinski definition) is 3. The number of anilines is 1. The van der Waals surface area contributed by atoms with E-state index >= 15 is 0 Å². The number of benzene rings is 2. The van der Waals surface area contributed by atoms with Gasteiger partial charge in [-0.1, -0.05) is 30.3 Å². The minimum absolute atomic E-state index is 0.0793. The van der Waals surface area contributed by atoms with Crippen molar-refractivity contribution in [3.63, 3.8) is 0 Å². The second-order valence-corrected chi connectivity index (χ2v) is 9.48. The fraction of sp³-hybridized carbons (Fsp3) is 0.360. The zero-order valence-corrected chi connectivity index (χ0v) is 18.7. The Labute approximate surface area is 191 Å². The third-order valence-electron chi connectivity index (χ3n) is 6.10. The van der Waals surface area contributed by atoms with Crippen molar-refractivity contribution in [2.45, 2.75) is 25.3 Å². The predicted molar refractivity (Wildman–Crippen MR) is 131 cm³/mol. The van der Waals surface area contributed by atoms with Crippen LogP contribution in [-0.4, -0.2) is 52.7 Å². The van der Waals surface area contributed by atoms with Gasteiger partial charge in [-0.3, -0.25) is 9.79 Å². The van der Waals surface area contributed by atoms with Crippen molar-refractivity contribution >= 4 is 39.4 Å². The maximum absolute atomic E-state index is 11.1. The molecule has 5 rings (SSSR count). The van der Waals surface area contributed by atoms with E-state index in [-0.39, 0.29) is 12.5 Å². The summed E-state index contributed by atoms with van der Waals surface area (Å²) < 4.78 is 5.50. The number of carbonyl (C=O) groups is 1. The maximum atomic E-state index is 11.1. The Kier molecular flexibility index (Phi) is 6.19. The van der Waals surface area contributed by atoms with Gasteiger partial charge in [-0.25, -0.2) is 0 Å². The van der Waals surface area contributed by atoms with Crippen molar-refractivity contribution in [1.82, 2.24) is 4.98 Å². The molecule has 7 heteroatoms. The number of thioether (sulfide) groups is 1. The van der Waals surface area contributed by atoms with E-state index in [2.05, 4.69) is 40.6 Å². The number of carboxylic acids is 1. The van der Waals surface area contributed by atoms with Gasteiger partial charge in [0.2, 0.25) is 0 Å². The normalized spacial score (nSPS) is 19.2. The fourth-order valence-electron chi connectivity index (χ4n) is 4.36. The molecule has 0 bridgehead atoms. The highest BCUT2D eigenvalue weighted by atomic mass is 32.2. The molecule has 6 nitrogen and oxygen atoms in total. The zero-order chi connectivity index (χ0) is 21.9. The van der Waals surface area contributed by atoms with Crippen LogP contribution in [0.2, 0.25) is 0 Å². The van der Waals surface area contributed by atoms with E-state index in [0.717, 1.165) is 71.1 Å². The molecule has 1 fully saturated rings. The molecule has 0 saturated carbocycles. The molecule has 166 valence electrons. The summed E-state index contributed by atoms with van der Waals surface area (Å²) in [6.07, 6.45) is 2.24. The summed E-state index contributed by atoms with van der Waals surface area (Å²) in [5.41, 5.74) is 5.43. The largest absolute Gasteiger partial charge is 0.481 e. The first kappa shape index (κ1) is 21.1. The first-order valence-corrected chi connectivity index (χ1v) is 12.1. The average molecular weight is 450 g/mol. The number of H-pyrrole nitrogens is 1. The molecule has 0 amide bonds. The minimum Gasteiger partial charge on any atom is -0.481 e. The standard InChI is InChI=1S/C25H27N3O3S/c29-23(30)13-20-15-32-25(27-20)19-10-18-11-21(17-4-2-1-3-5-17)28-24(18)22(12-19)26-14-16-6-8-31-9-7-16/h1-5,10-12,16,20,26,28H,6-9,13-15H2,(H,29,30)/t20-/m1/s1. The number of aliphatic carboxylic acids is 1. The highest BCUT2D eigenvalue weighted by Gasteiger charge is 2.23. The summed E-state index contributed by atoms with van der Waals surface area (Å²) in [6.45, 7) is 2.57. The third kappa shape index (κ3) is 4.69. The molecule has 1 aromatic heterocycles. The lowest BCUT2D eigenvalue weighted by molar-refractivity contribution is -0.137. The Hall–Kier alpha value is -2.77. The number of ether oxygens (including phenoxy) is 1. The van der Waals surface area contributed by atoms with Gasteiger partial charge < -0.3 is 20.1 Å². The molecule has 1 atom stereocenters. The van der Waals surface area contributed by atoms with Crippen molar-refractivity contribution in [3.05, 3.63) is 54.1 Å². The molecule has 3 N–H and O–H groups in total. The van der Waals surface area contributed by atoms with Crippen LogP contribution in [0.3, 0.4) is 0 Å². The lowest BCUT2D eigenvalue weighted by Gasteiger charge is -2.23. The Bertz CT molecular complexity index is 1140. The summed E-state index contributed by atoms with van der Waals surface area (Å²) in [5, 5.41) is 14.9. The second-order valence-electron chi connectivity index (χ2n) is 8.47. The van der Waals surface area contributed by atoms with Gasteiger partial charge in [0, 0.05) is 42.2 Å². The van der Waals surface area contributed by atoms with Crippen molar-refractivity contribution in [3.8, 4) is 11.3 Å². The van der Waals surface area contributed by atoms with Gasteiger partial charge in [0.25, 0.3) is 0 Å². The summed E-state index contributed by atoms with van der Waals surface area (Å²) >= 11 is 1.64. The monoisotopic (exact) mass is 449 g/mol. The molecular weight excluding hydrogens is 422 g/mol. The fourth-order valence-corrected chi connectivity index (χ4v) is 5.42. The number of rotatable bonds is 7. The van der Waals surface area contributed by atoms with Gasteiger partial charge >= 0.3 is 5.97 Å². The van der Waals surface area contributed by atoms with Gasteiger partial charge in [-0.2, -0.15) is 0 Å². The van der Waals surface area contributed by atoms with E-state index in [0.29, 0.717) is 11.7 Å². The number of aromatic nitrogens is 1. The van der Waals surface area contributed by atoms with Gasteiger partial charge in [-0.05, 0) is 42.5 Å². The predicted octanol–water partition coefficient (Wildman–Crippen LogP) is 5.01. The first-order chi connectivity index (χ1) is 15.7. The SMILES string of the molecule is O=C(O)C[C@@H]1CSC(c2cc(NCC3CCOCC3)c3[nH]c(-c4ccccc4)cc3c2)=N1. The van der Waals surface area contributed by atoms with Crippen LogP contribution in [0.5, 0.6) is 0 Å². The van der Waals surface area contributed by atoms with E-state index in [1.165, 1.54) is 0 Å². The summed E-state index contributed by atoms with van der Waals surface area (Å²) in [6, 6.07) is 16.7. The van der Waals surface area contributed by atoms with Gasteiger partial charge in [-0.15, -0.1) is 11.8 Å². The van der Waals surface area contributed by atoms with Crippen LogP contribution in [0.15, 0.2) is 53.5 Å². The maximum Gasteiger partial charge on any atom is 0.305 e. The molecule has 0 spiro atoms. The number of aromatic amines is 1. The van der Waals surface area contributed by atoms with Crippen LogP contribution in [0.1, 0.15) is 24.8 Å². The van der Waals surface area contributed by atoms with Crippen molar-refractivity contribution in [2.24, 2.45) is 10.9 Å². The molecule has 32 heavy (non-hydrogen) atoms. The van der Waals surface area contributed by atoms with Crippen molar-refractivity contribution in [1.29, 1.82) is 0 Å². The second kappa shape index (κ2) is 9.38. The molecule has 0 aliphatic carbocycles. The third-order valence-corrected chi connectivity index (χ3v) is 7.27. The average Bonchev–Trinajstić information content (AvgIpc) is 3.45. The van der Waals surface area contributed by atoms with Crippen LogP contribution in [0, 0.1) is 5.92 Å². The molecule has 2 aliphatic rings. The van der Waals surface area contributed by atoms with Crippen LogP contribution in [0.25, 0.3) is 22.2 Å². The molecule has 3 aromatic rings.